The van der Waals surface area contributed by atoms with Crippen LogP contribution in [0.4, 0.5) is 11.8 Å². The van der Waals surface area contributed by atoms with Gasteiger partial charge in [-0.15, -0.1) is 11.3 Å². The zero-order valence-corrected chi connectivity index (χ0v) is 18.6. The van der Waals surface area contributed by atoms with E-state index in [1.54, 1.807) is 11.3 Å². The van der Waals surface area contributed by atoms with E-state index in [-0.39, 0.29) is 6.61 Å². The van der Waals surface area contributed by atoms with E-state index in [0.29, 0.717) is 29.9 Å². The van der Waals surface area contributed by atoms with E-state index in [9.17, 15) is 5.11 Å². The van der Waals surface area contributed by atoms with Crippen LogP contribution in [0.15, 0.2) is 12.3 Å². The lowest BCUT2D eigenvalue weighted by molar-refractivity contribution is 0.229. The minimum Gasteiger partial charge on any atom is -0.396 e. The number of aryl methyl sites for hydroxylation is 1. The molecule has 3 aromatic rings. The van der Waals surface area contributed by atoms with Gasteiger partial charge in [0.2, 0.25) is 5.95 Å². The Morgan fingerprint density at radius 2 is 1.87 bits per heavy atom. The van der Waals surface area contributed by atoms with Gasteiger partial charge >= 0.3 is 0 Å². The standard InChI is InChI=1S/C23H28N6OS/c1-12-18(22-28-20-17(31-22)8-9-24-19(20)14-3-4-14)21(26-16-5-2-13(10-16)11-30)29-23(25-12)27-15-6-7-15/h8-9,13-16,30H,2-7,10-11H2,1H3,(H2,25,26,27,29)/t13-,16+/m1/s1. The predicted octanol–water partition coefficient (Wildman–Crippen LogP) is 4.48. The summed E-state index contributed by atoms with van der Waals surface area (Å²) in [6.45, 7) is 2.31. The van der Waals surface area contributed by atoms with Gasteiger partial charge in [0.25, 0.3) is 0 Å². The van der Waals surface area contributed by atoms with Gasteiger partial charge in [0.1, 0.15) is 16.3 Å². The molecule has 162 valence electrons. The van der Waals surface area contributed by atoms with E-state index in [0.717, 1.165) is 52.6 Å². The number of rotatable bonds is 7. The predicted molar refractivity (Wildman–Crippen MR) is 124 cm³/mol. The monoisotopic (exact) mass is 436 g/mol. The second kappa shape index (κ2) is 7.67. The number of anilines is 2. The zero-order valence-electron chi connectivity index (χ0n) is 17.8. The number of aliphatic hydroxyl groups is 1. The molecule has 0 spiro atoms. The fourth-order valence-electron chi connectivity index (χ4n) is 4.61. The van der Waals surface area contributed by atoms with Gasteiger partial charge in [0.15, 0.2) is 0 Å². The largest absolute Gasteiger partial charge is 0.396 e. The summed E-state index contributed by atoms with van der Waals surface area (Å²) in [5.41, 5.74) is 4.12. The summed E-state index contributed by atoms with van der Waals surface area (Å²) in [5, 5.41) is 17.7. The summed E-state index contributed by atoms with van der Waals surface area (Å²) >= 11 is 1.70. The lowest BCUT2D eigenvalue weighted by Gasteiger charge is -2.18. The Kier molecular flexibility index (Phi) is 4.79. The molecule has 3 aliphatic rings. The average Bonchev–Trinajstić information content (AvgIpc) is 3.67. The van der Waals surface area contributed by atoms with Gasteiger partial charge in [0, 0.05) is 30.8 Å². The molecule has 3 heterocycles. The number of hydrogen-bond acceptors (Lipinski definition) is 8. The number of pyridine rings is 1. The Labute approximate surface area is 185 Å². The first-order chi connectivity index (χ1) is 15.2. The van der Waals surface area contributed by atoms with Gasteiger partial charge in [-0.3, -0.25) is 4.98 Å². The second-order valence-corrected chi connectivity index (χ2v) is 10.3. The summed E-state index contributed by atoms with van der Waals surface area (Å²) in [4.78, 5) is 19.4. The van der Waals surface area contributed by atoms with Crippen LogP contribution in [0.5, 0.6) is 0 Å². The highest BCUT2D eigenvalue weighted by Gasteiger charge is 2.30. The van der Waals surface area contributed by atoms with E-state index < -0.39 is 0 Å². The fourth-order valence-corrected chi connectivity index (χ4v) is 5.68. The van der Waals surface area contributed by atoms with Gasteiger partial charge in [0.05, 0.1) is 21.7 Å². The number of hydrogen-bond donors (Lipinski definition) is 3. The van der Waals surface area contributed by atoms with Crippen molar-refractivity contribution in [3.05, 3.63) is 23.7 Å². The maximum atomic E-state index is 9.56. The Morgan fingerprint density at radius 3 is 2.61 bits per heavy atom. The van der Waals surface area contributed by atoms with Crippen LogP contribution < -0.4 is 10.6 Å². The number of aliphatic hydroxyl groups excluding tert-OH is 1. The molecule has 0 unspecified atom stereocenters. The first kappa shape index (κ1) is 19.4. The van der Waals surface area contributed by atoms with Crippen molar-refractivity contribution in [2.24, 2.45) is 5.92 Å². The lowest BCUT2D eigenvalue weighted by atomic mass is 10.1. The molecule has 7 nitrogen and oxygen atoms in total. The third-order valence-electron chi connectivity index (χ3n) is 6.65. The van der Waals surface area contributed by atoms with E-state index in [2.05, 4.69) is 28.6 Å². The van der Waals surface area contributed by atoms with Gasteiger partial charge in [-0.05, 0) is 63.9 Å². The molecule has 3 N–H and O–H groups in total. The van der Waals surface area contributed by atoms with Crippen molar-refractivity contribution in [2.45, 2.75) is 69.9 Å². The molecule has 0 saturated heterocycles. The molecule has 0 amide bonds. The molecule has 8 heteroatoms. The summed E-state index contributed by atoms with van der Waals surface area (Å²) in [5.74, 6) is 2.50. The molecule has 3 aromatic heterocycles. The summed E-state index contributed by atoms with van der Waals surface area (Å²) < 4.78 is 1.18. The number of aromatic nitrogens is 4. The minimum atomic E-state index is 0.261. The SMILES string of the molecule is Cc1nc(NC2CC2)nc(N[C@H]2CC[C@@H](CO)C2)c1-c1nc2c(C3CC3)nccc2s1. The van der Waals surface area contributed by atoms with Crippen molar-refractivity contribution >= 4 is 33.3 Å². The molecule has 6 rings (SSSR count). The molecular weight excluding hydrogens is 408 g/mol. The van der Waals surface area contributed by atoms with E-state index in [4.69, 9.17) is 15.0 Å². The molecule has 0 aliphatic heterocycles. The maximum absolute atomic E-state index is 9.56. The van der Waals surface area contributed by atoms with Crippen LogP contribution in [0.1, 0.15) is 62.3 Å². The fraction of sp³-hybridized carbons (Fsp3) is 0.565. The van der Waals surface area contributed by atoms with E-state index >= 15 is 0 Å². The van der Waals surface area contributed by atoms with Crippen molar-refractivity contribution in [3.8, 4) is 10.6 Å². The topological polar surface area (TPSA) is 95.9 Å². The minimum absolute atomic E-state index is 0.261. The highest BCUT2D eigenvalue weighted by atomic mass is 32.1. The first-order valence-electron chi connectivity index (χ1n) is 11.5. The molecule has 0 bridgehead atoms. The van der Waals surface area contributed by atoms with Gasteiger partial charge in [-0.2, -0.15) is 4.98 Å². The average molecular weight is 437 g/mol. The molecular formula is C23H28N6OS. The van der Waals surface area contributed by atoms with Crippen molar-refractivity contribution in [1.29, 1.82) is 0 Å². The van der Waals surface area contributed by atoms with Gasteiger partial charge < -0.3 is 15.7 Å². The van der Waals surface area contributed by atoms with Crippen molar-refractivity contribution in [1.82, 2.24) is 19.9 Å². The van der Waals surface area contributed by atoms with E-state index in [1.165, 1.54) is 30.4 Å². The van der Waals surface area contributed by atoms with Crippen LogP contribution >= 0.6 is 11.3 Å². The van der Waals surface area contributed by atoms with Crippen molar-refractivity contribution < 1.29 is 5.11 Å². The van der Waals surface area contributed by atoms with Crippen LogP contribution in [-0.2, 0) is 0 Å². The molecule has 3 saturated carbocycles. The molecule has 0 aromatic carbocycles. The van der Waals surface area contributed by atoms with Gasteiger partial charge in [-0.25, -0.2) is 9.97 Å². The van der Waals surface area contributed by atoms with Gasteiger partial charge in [-0.1, -0.05) is 0 Å². The number of thiazole rings is 1. The molecule has 3 fully saturated rings. The maximum Gasteiger partial charge on any atom is 0.225 e. The van der Waals surface area contributed by atoms with Crippen LogP contribution in [0, 0.1) is 12.8 Å². The van der Waals surface area contributed by atoms with Crippen LogP contribution in [0.3, 0.4) is 0 Å². The summed E-state index contributed by atoms with van der Waals surface area (Å²) in [6, 6.07) is 2.88. The van der Waals surface area contributed by atoms with E-state index in [1.807, 2.05) is 6.20 Å². The Morgan fingerprint density at radius 1 is 1.03 bits per heavy atom. The Bertz CT molecular complexity index is 1120. The van der Waals surface area contributed by atoms with Crippen molar-refractivity contribution in [2.75, 3.05) is 17.2 Å². The number of nitrogens with zero attached hydrogens (tertiary/aromatic N) is 4. The highest BCUT2D eigenvalue weighted by molar-refractivity contribution is 7.21. The quantitative estimate of drug-likeness (QED) is 0.502. The Hall–Kier alpha value is -2.32. The third kappa shape index (κ3) is 3.87. The van der Waals surface area contributed by atoms with Crippen LogP contribution in [0.25, 0.3) is 20.8 Å². The van der Waals surface area contributed by atoms with Crippen molar-refractivity contribution in [3.63, 3.8) is 0 Å². The number of nitrogens with one attached hydrogen (secondary N) is 2. The smallest absolute Gasteiger partial charge is 0.225 e. The molecule has 31 heavy (non-hydrogen) atoms. The second-order valence-electron chi connectivity index (χ2n) is 9.31. The normalized spacial score (nSPS) is 23.4. The third-order valence-corrected chi connectivity index (χ3v) is 7.69. The highest BCUT2D eigenvalue weighted by Crippen LogP contribution is 2.44. The molecule has 2 atom stereocenters. The lowest BCUT2D eigenvalue weighted by Crippen LogP contribution is -2.19. The summed E-state index contributed by atoms with van der Waals surface area (Å²) in [6.07, 6.45) is 9.78. The zero-order chi connectivity index (χ0) is 20.9. The summed E-state index contributed by atoms with van der Waals surface area (Å²) in [7, 11) is 0. The number of fused-ring (bicyclic) bond motifs is 1. The molecule has 3 aliphatic carbocycles. The first-order valence-corrected chi connectivity index (χ1v) is 12.3. The van der Waals surface area contributed by atoms with Crippen LogP contribution in [0.2, 0.25) is 0 Å². The van der Waals surface area contributed by atoms with Crippen LogP contribution in [-0.4, -0.2) is 43.7 Å². The Balaban J connectivity index is 1.41. The molecule has 0 radical (unpaired) electrons.